The van der Waals surface area contributed by atoms with Crippen LogP contribution in [0.5, 0.6) is 11.5 Å². The monoisotopic (exact) mass is 403 g/mol. The van der Waals surface area contributed by atoms with Crippen LogP contribution in [0.3, 0.4) is 0 Å². The van der Waals surface area contributed by atoms with E-state index in [2.05, 4.69) is 4.74 Å². The maximum atomic E-state index is 12.4. The summed E-state index contributed by atoms with van der Waals surface area (Å²) in [5, 5.41) is 0.0997. The van der Waals surface area contributed by atoms with E-state index in [0.717, 1.165) is 16.7 Å². The molecule has 3 aromatic carbocycles. The summed E-state index contributed by atoms with van der Waals surface area (Å²) in [7, 11) is 0. The fraction of sp³-hybridized carbons (Fsp3) is 0.0952. The number of benzene rings is 3. The lowest BCUT2D eigenvalue weighted by molar-refractivity contribution is -0.0497. The molecule has 0 aliphatic carbocycles. The molecule has 28 heavy (non-hydrogen) atoms. The molecule has 0 aromatic heterocycles. The number of primary amides is 1. The number of amides is 1. The van der Waals surface area contributed by atoms with E-state index in [1.54, 1.807) is 36.4 Å². The minimum absolute atomic E-state index is 0.0748. The maximum Gasteiger partial charge on any atom is 0.387 e. The van der Waals surface area contributed by atoms with Crippen molar-refractivity contribution < 1.29 is 23.0 Å². The zero-order valence-electron chi connectivity index (χ0n) is 14.6. The molecule has 1 amide bonds. The van der Waals surface area contributed by atoms with Crippen molar-refractivity contribution in [2.45, 2.75) is 13.2 Å². The third kappa shape index (κ3) is 4.98. The molecule has 0 spiro atoms. The lowest BCUT2D eigenvalue weighted by Gasteiger charge is -2.11. The normalized spacial score (nSPS) is 10.7. The van der Waals surface area contributed by atoms with Crippen molar-refractivity contribution in [2.75, 3.05) is 0 Å². The van der Waals surface area contributed by atoms with Crippen molar-refractivity contribution in [3.8, 4) is 22.6 Å². The van der Waals surface area contributed by atoms with Crippen LogP contribution < -0.4 is 15.2 Å². The van der Waals surface area contributed by atoms with Gasteiger partial charge in [-0.3, -0.25) is 4.79 Å². The molecule has 3 rings (SSSR count). The predicted molar refractivity (Wildman–Crippen MR) is 103 cm³/mol. The second-order valence-electron chi connectivity index (χ2n) is 5.90. The molecular weight excluding hydrogens is 388 g/mol. The quantitative estimate of drug-likeness (QED) is 0.583. The Hall–Kier alpha value is -3.12. The highest BCUT2D eigenvalue weighted by Crippen LogP contribution is 2.31. The van der Waals surface area contributed by atoms with Gasteiger partial charge in [-0.2, -0.15) is 8.78 Å². The van der Waals surface area contributed by atoms with E-state index in [0.29, 0.717) is 11.3 Å². The number of carbonyl (C=O) groups is 1. The zero-order valence-corrected chi connectivity index (χ0v) is 15.3. The summed E-state index contributed by atoms with van der Waals surface area (Å²) in [5.41, 5.74) is 8.11. The van der Waals surface area contributed by atoms with Crippen LogP contribution in [0.15, 0.2) is 66.7 Å². The molecule has 0 heterocycles. The topological polar surface area (TPSA) is 61.6 Å². The Labute approximate surface area is 165 Å². The molecule has 0 atom stereocenters. The van der Waals surface area contributed by atoms with Gasteiger partial charge >= 0.3 is 6.61 Å². The van der Waals surface area contributed by atoms with E-state index in [4.69, 9.17) is 22.1 Å². The van der Waals surface area contributed by atoms with Crippen LogP contribution in [0, 0.1) is 0 Å². The van der Waals surface area contributed by atoms with Gasteiger partial charge in [-0.25, -0.2) is 0 Å². The summed E-state index contributed by atoms with van der Waals surface area (Å²) < 4.78 is 34.8. The smallest absolute Gasteiger partial charge is 0.387 e. The molecule has 0 saturated heterocycles. The molecule has 7 heteroatoms. The van der Waals surface area contributed by atoms with Gasteiger partial charge in [-0.15, -0.1) is 0 Å². The van der Waals surface area contributed by atoms with Crippen LogP contribution in [-0.4, -0.2) is 12.5 Å². The van der Waals surface area contributed by atoms with Gasteiger partial charge in [0.05, 0.1) is 5.02 Å². The maximum absolute atomic E-state index is 12.4. The average Bonchev–Trinajstić information content (AvgIpc) is 2.68. The van der Waals surface area contributed by atoms with Gasteiger partial charge in [0, 0.05) is 5.56 Å². The minimum Gasteiger partial charge on any atom is -0.489 e. The molecule has 4 nitrogen and oxygen atoms in total. The van der Waals surface area contributed by atoms with Crippen LogP contribution in [0.4, 0.5) is 8.78 Å². The van der Waals surface area contributed by atoms with Gasteiger partial charge < -0.3 is 15.2 Å². The summed E-state index contributed by atoms with van der Waals surface area (Å²) in [5.74, 6) is -0.0731. The first kappa shape index (κ1) is 19.6. The number of alkyl halides is 2. The van der Waals surface area contributed by atoms with Crippen LogP contribution in [0.2, 0.25) is 5.02 Å². The average molecular weight is 404 g/mol. The summed E-state index contributed by atoms with van der Waals surface area (Å²) in [4.78, 5) is 11.2. The lowest BCUT2D eigenvalue weighted by Crippen LogP contribution is -2.10. The Balaban J connectivity index is 1.75. The van der Waals surface area contributed by atoms with Crippen LogP contribution >= 0.6 is 11.6 Å². The number of hydrogen-bond donors (Lipinski definition) is 1. The number of rotatable bonds is 7. The number of nitrogens with two attached hydrogens (primary N) is 1. The second kappa shape index (κ2) is 8.71. The molecule has 0 aliphatic heterocycles. The van der Waals surface area contributed by atoms with Crippen molar-refractivity contribution in [3.63, 3.8) is 0 Å². The van der Waals surface area contributed by atoms with E-state index in [1.807, 2.05) is 24.3 Å². The van der Waals surface area contributed by atoms with E-state index in [1.165, 1.54) is 6.07 Å². The summed E-state index contributed by atoms with van der Waals surface area (Å²) in [6, 6.07) is 18.7. The number of halogens is 3. The Bertz CT molecular complexity index is 995. The second-order valence-corrected chi connectivity index (χ2v) is 6.31. The molecule has 0 radical (unpaired) electrons. The first-order valence-electron chi connectivity index (χ1n) is 8.29. The third-order valence-corrected chi connectivity index (χ3v) is 4.23. The first-order chi connectivity index (χ1) is 13.4. The highest BCUT2D eigenvalue weighted by Gasteiger charge is 2.10. The van der Waals surface area contributed by atoms with Gasteiger partial charge in [0.25, 0.3) is 0 Å². The molecule has 144 valence electrons. The van der Waals surface area contributed by atoms with Gasteiger partial charge in [0.2, 0.25) is 5.91 Å². The number of hydrogen-bond acceptors (Lipinski definition) is 3. The van der Waals surface area contributed by atoms with Crippen molar-refractivity contribution in [3.05, 3.63) is 82.9 Å². The Morgan fingerprint density at radius 3 is 2.46 bits per heavy atom. The van der Waals surface area contributed by atoms with Gasteiger partial charge in [-0.05, 0) is 53.1 Å². The van der Waals surface area contributed by atoms with Crippen LogP contribution in [0.1, 0.15) is 15.9 Å². The SMILES string of the molecule is NC(=O)c1cccc(OCc2cccc(-c3ccc(OC(F)F)c(Cl)c3)c2)c1. The molecule has 3 aromatic rings. The van der Waals surface area contributed by atoms with Crippen molar-refractivity contribution in [1.82, 2.24) is 0 Å². The molecule has 2 N–H and O–H groups in total. The molecule has 0 fully saturated rings. The van der Waals surface area contributed by atoms with Crippen molar-refractivity contribution in [2.24, 2.45) is 5.73 Å². The number of carbonyl (C=O) groups excluding carboxylic acids is 1. The summed E-state index contributed by atoms with van der Waals surface area (Å²) in [6.07, 6.45) is 0. The fourth-order valence-electron chi connectivity index (χ4n) is 2.62. The van der Waals surface area contributed by atoms with E-state index < -0.39 is 12.5 Å². The summed E-state index contributed by atoms with van der Waals surface area (Å²) in [6.45, 7) is -2.66. The standard InChI is InChI=1S/C21H16ClF2NO3/c22-18-11-15(7-8-19(18)28-21(23)24)14-4-1-3-13(9-14)12-27-17-6-2-5-16(10-17)20(25)26/h1-11,21H,12H2,(H2,25,26). The highest BCUT2D eigenvalue weighted by molar-refractivity contribution is 6.32. The first-order valence-corrected chi connectivity index (χ1v) is 8.66. The molecular formula is C21H16ClF2NO3. The number of ether oxygens (including phenoxy) is 2. The van der Waals surface area contributed by atoms with E-state index in [9.17, 15) is 13.6 Å². The largest absolute Gasteiger partial charge is 0.489 e. The molecule has 0 aliphatic rings. The van der Waals surface area contributed by atoms with Crippen LogP contribution in [-0.2, 0) is 6.61 Å². The van der Waals surface area contributed by atoms with E-state index >= 15 is 0 Å². The predicted octanol–water partition coefficient (Wildman–Crippen LogP) is 5.29. The minimum atomic E-state index is -2.93. The van der Waals surface area contributed by atoms with Crippen LogP contribution in [0.25, 0.3) is 11.1 Å². The van der Waals surface area contributed by atoms with Gasteiger partial charge in [-0.1, -0.05) is 41.9 Å². The van der Waals surface area contributed by atoms with Crippen molar-refractivity contribution in [1.29, 1.82) is 0 Å². The Kier molecular flexibility index (Phi) is 6.11. The van der Waals surface area contributed by atoms with Crippen molar-refractivity contribution >= 4 is 17.5 Å². The van der Waals surface area contributed by atoms with Gasteiger partial charge in [0.1, 0.15) is 18.1 Å². The molecule has 0 saturated carbocycles. The fourth-order valence-corrected chi connectivity index (χ4v) is 2.84. The molecule has 0 unspecified atom stereocenters. The highest BCUT2D eigenvalue weighted by atomic mass is 35.5. The Morgan fingerprint density at radius 2 is 1.75 bits per heavy atom. The summed E-state index contributed by atoms with van der Waals surface area (Å²) >= 11 is 6.02. The molecule has 0 bridgehead atoms. The lowest BCUT2D eigenvalue weighted by atomic mass is 10.0. The van der Waals surface area contributed by atoms with Gasteiger partial charge in [0.15, 0.2) is 0 Å². The Morgan fingerprint density at radius 1 is 1.00 bits per heavy atom. The third-order valence-electron chi connectivity index (χ3n) is 3.93. The van der Waals surface area contributed by atoms with E-state index in [-0.39, 0.29) is 17.4 Å². The zero-order chi connectivity index (χ0) is 20.1.